The SMILES string of the molecule is Cc1ccc(S(=O)(=O)NN2C(=S)SC3C=CC=CC=C32)cc1. The van der Waals surface area contributed by atoms with E-state index in [-0.39, 0.29) is 10.1 Å². The highest BCUT2D eigenvalue weighted by Gasteiger charge is 2.34. The molecule has 1 unspecified atom stereocenters. The maximum atomic E-state index is 12.5. The fraction of sp³-hybridized carbons (Fsp3) is 0.133. The molecular weight excluding hydrogens is 336 g/mol. The largest absolute Gasteiger partial charge is 0.257 e. The normalized spacial score (nSPS) is 20.8. The zero-order chi connectivity index (χ0) is 15.7. The minimum atomic E-state index is -3.67. The highest BCUT2D eigenvalue weighted by molar-refractivity contribution is 8.24. The van der Waals surface area contributed by atoms with E-state index in [0.29, 0.717) is 4.32 Å². The number of hydrazine groups is 1. The van der Waals surface area contributed by atoms with Crippen LogP contribution in [0.4, 0.5) is 0 Å². The minimum absolute atomic E-state index is 0.0308. The summed E-state index contributed by atoms with van der Waals surface area (Å²) in [5, 5.41) is 1.50. The van der Waals surface area contributed by atoms with E-state index in [1.54, 1.807) is 24.3 Å². The second-order valence-corrected chi connectivity index (χ2v) is 8.35. The second-order valence-electron chi connectivity index (χ2n) is 4.91. The van der Waals surface area contributed by atoms with Crippen molar-refractivity contribution in [3.8, 4) is 0 Å². The fourth-order valence-electron chi connectivity index (χ4n) is 2.13. The highest BCUT2D eigenvalue weighted by Crippen LogP contribution is 2.35. The van der Waals surface area contributed by atoms with Crippen LogP contribution in [-0.4, -0.2) is 23.0 Å². The summed E-state index contributed by atoms with van der Waals surface area (Å²) in [6.07, 6.45) is 9.57. The summed E-state index contributed by atoms with van der Waals surface area (Å²) in [4.78, 5) is 2.79. The molecule has 0 saturated carbocycles. The van der Waals surface area contributed by atoms with E-state index in [4.69, 9.17) is 12.2 Å². The first-order valence-corrected chi connectivity index (χ1v) is 9.39. The molecule has 2 aliphatic rings. The molecule has 1 aliphatic heterocycles. The molecule has 0 bridgehead atoms. The van der Waals surface area contributed by atoms with E-state index < -0.39 is 10.0 Å². The molecule has 0 amide bonds. The Labute approximate surface area is 139 Å². The lowest BCUT2D eigenvalue weighted by molar-refractivity contribution is 0.467. The average Bonchev–Trinajstić information content (AvgIpc) is 2.65. The van der Waals surface area contributed by atoms with E-state index in [0.717, 1.165) is 11.3 Å². The van der Waals surface area contributed by atoms with Gasteiger partial charge in [-0.1, -0.05) is 66.0 Å². The number of fused-ring (bicyclic) bond motifs is 1. The Morgan fingerprint density at radius 2 is 1.91 bits per heavy atom. The number of thioether (sulfide) groups is 1. The van der Waals surface area contributed by atoms with Crippen LogP contribution in [0.25, 0.3) is 0 Å². The van der Waals surface area contributed by atoms with E-state index in [9.17, 15) is 8.42 Å². The van der Waals surface area contributed by atoms with Crippen molar-refractivity contribution in [3.05, 3.63) is 65.9 Å². The van der Waals surface area contributed by atoms with Crippen LogP contribution in [0.5, 0.6) is 0 Å². The maximum Gasteiger partial charge on any atom is 0.257 e. The summed E-state index contributed by atoms with van der Waals surface area (Å²) in [5.74, 6) is 0. The maximum absolute atomic E-state index is 12.5. The number of nitrogens with zero attached hydrogens (tertiary/aromatic N) is 1. The zero-order valence-corrected chi connectivity index (χ0v) is 14.2. The second kappa shape index (κ2) is 6.00. The summed E-state index contributed by atoms with van der Waals surface area (Å²) >= 11 is 6.75. The lowest BCUT2D eigenvalue weighted by Crippen LogP contribution is -2.41. The standard InChI is InChI=1S/C15H14N2O2S3/c1-11-7-9-12(10-8-11)22(18,19)16-17-13-5-3-2-4-6-14(13)21-15(17)20/h2-10,14,16H,1H3. The van der Waals surface area contributed by atoms with Crippen LogP contribution in [0.3, 0.4) is 0 Å². The third-order valence-electron chi connectivity index (χ3n) is 3.28. The predicted molar refractivity (Wildman–Crippen MR) is 93.7 cm³/mol. The fourth-order valence-corrected chi connectivity index (χ4v) is 4.69. The molecule has 1 N–H and O–H groups in total. The molecule has 1 aromatic rings. The first-order valence-electron chi connectivity index (χ1n) is 6.62. The summed E-state index contributed by atoms with van der Waals surface area (Å²) in [6.45, 7) is 1.91. The summed E-state index contributed by atoms with van der Waals surface area (Å²) in [5.41, 5.74) is 1.82. The van der Waals surface area contributed by atoms with Gasteiger partial charge in [-0.15, -0.1) is 4.83 Å². The molecule has 1 fully saturated rings. The number of benzene rings is 1. The van der Waals surface area contributed by atoms with E-state index in [1.165, 1.54) is 16.8 Å². The van der Waals surface area contributed by atoms with Crippen LogP contribution < -0.4 is 4.83 Å². The van der Waals surface area contributed by atoms with Gasteiger partial charge in [-0.3, -0.25) is 0 Å². The molecular formula is C15H14N2O2S3. The van der Waals surface area contributed by atoms with Gasteiger partial charge in [0.05, 0.1) is 15.8 Å². The molecule has 1 aliphatic carbocycles. The van der Waals surface area contributed by atoms with Crippen molar-refractivity contribution in [3.63, 3.8) is 0 Å². The predicted octanol–water partition coefficient (Wildman–Crippen LogP) is 2.90. The van der Waals surface area contributed by atoms with Gasteiger partial charge in [0.1, 0.15) is 0 Å². The number of allylic oxidation sites excluding steroid dienone is 4. The van der Waals surface area contributed by atoms with Crippen molar-refractivity contribution >= 4 is 38.3 Å². The van der Waals surface area contributed by atoms with E-state index in [2.05, 4.69) is 4.83 Å². The van der Waals surface area contributed by atoms with Crippen molar-refractivity contribution in [2.24, 2.45) is 0 Å². The smallest absolute Gasteiger partial charge is 0.249 e. The Bertz CT molecular complexity index is 793. The van der Waals surface area contributed by atoms with Crippen LogP contribution >= 0.6 is 24.0 Å². The summed E-state index contributed by atoms with van der Waals surface area (Å²) in [7, 11) is -3.67. The topological polar surface area (TPSA) is 49.4 Å². The molecule has 3 rings (SSSR count). The third kappa shape index (κ3) is 3.03. The van der Waals surface area contributed by atoms with E-state index in [1.807, 2.05) is 37.3 Å². The molecule has 4 nitrogen and oxygen atoms in total. The Balaban J connectivity index is 1.90. The van der Waals surface area contributed by atoms with Crippen LogP contribution in [-0.2, 0) is 10.0 Å². The molecule has 1 heterocycles. The van der Waals surface area contributed by atoms with Gasteiger partial charge in [0.25, 0.3) is 10.0 Å². The third-order valence-corrected chi connectivity index (χ3v) is 6.10. The molecule has 0 aromatic heterocycles. The Morgan fingerprint density at radius 1 is 1.18 bits per heavy atom. The van der Waals surface area contributed by atoms with Crippen LogP contribution in [0.2, 0.25) is 0 Å². The first kappa shape index (κ1) is 15.5. The molecule has 1 atom stereocenters. The van der Waals surface area contributed by atoms with Crippen molar-refractivity contribution in [1.82, 2.24) is 9.84 Å². The molecule has 1 aromatic carbocycles. The number of rotatable bonds is 3. The van der Waals surface area contributed by atoms with Gasteiger partial charge >= 0.3 is 0 Å². The van der Waals surface area contributed by atoms with Gasteiger partial charge in [-0.05, 0) is 25.1 Å². The van der Waals surface area contributed by atoms with Crippen molar-refractivity contribution < 1.29 is 8.42 Å². The van der Waals surface area contributed by atoms with Crippen molar-refractivity contribution in [2.75, 3.05) is 0 Å². The van der Waals surface area contributed by atoms with Gasteiger partial charge in [-0.25, -0.2) is 13.4 Å². The number of nitrogens with one attached hydrogen (secondary N) is 1. The van der Waals surface area contributed by atoms with Crippen molar-refractivity contribution in [1.29, 1.82) is 0 Å². The lowest BCUT2D eigenvalue weighted by atomic mass is 10.2. The quantitative estimate of drug-likeness (QED) is 0.850. The summed E-state index contributed by atoms with van der Waals surface area (Å²) < 4.78 is 25.5. The Kier molecular flexibility index (Phi) is 4.22. The molecule has 0 radical (unpaired) electrons. The van der Waals surface area contributed by atoms with Crippen LogP contribution in [0.1, 0.15) is 5.56 Å². The van der Waals surface area contributed by atoms with Crippen molar-refractivity contribution in [2.45, 2.75) is 17.1 Å². The molecule has 1 saturated heterocycles. The van der Waals surface area contributed by atoms with E-state index >= 15 is 0 Å². The van der Waals surface area contributed by atoms with Gasteiger partial charge in [0.15, 0.2) is 4.32 Å². The van der Waals surface area contributed by atoms with Gasteiger partial charge < -0.3 is 0 Å². The number of aryl methyl sites for hydroxylation is 1. The minimum Gasteiger partial charge on any atom is -0.249 e. The average molecular weight is 350 g/mol. The number of hydrogen-bond acceptors (Lipinski definition) is 4. The summed E-state index contributed by atoms with van der Waals surface area (Å²) in [6, 6.07) is 6.71. The first-order chi connectivity index (χ1) is 10.5. The number of sulfonamides is 1. The molecule has 7 heteroatoms. The molecule has 22 heavy (non-hydrogen) atoms. The highest BCUT2D eigenvalue weighted by atomic mass is 32.2. The Hall–Kier alpha value is -1.41. The lowest BCUT2D eigenvalue weighted by Gasteiger charge is -2.20. The van der Waals surface area contributed by atoms with Crippen LogP contribution in [0.15, 0.2) is 65.2 Å². The van der Waals surface area contributed by atoms with Gasteiger partial charge in [0.2, 0.25) is 0 Å². The van der Waals surface area contributed by atoms with Crippen LogP contribution in [0, 0.1) is 6.92 Å². The van der Waals surface area contributed by atoms with Gasteiger partial charge in [-0.2, -0.15) is 0 Å². The number of thiocarbonyl (C=S) groups is 1. The van der Waals surface area contributed by atoms with Gasteiger partial charge in [0, 0.05) is 0 Å². The number of hydrogen-bond donors (Lipinski definition) is 1. The monoisotopic (exact) mass is 350 g/mol. The zero-order valence-electron chi connectivity index (χ0n) is 11.8. The molecule has 0 spiro atoms. The molecule has 114 valence electrons. The Morgan fingerprint density at radius 3 is 2.64 bits per heavy atom.